The van der Waals surface area contributed by atoms with E-state index in [0.717, 1.165) is 12.1 Å². The van der Waals surface area contributed by atoms with Crippen molar-refractivity contribution in [1.82, 2.24) is 0 Å². The standard InChI is InChI=1S/C13H7ClFN3O2/c14-10-2-1-3-12(13(10)18(19)20)17-11-5-4-9(15)6-8(11)7-16/h1-6,17H. The number of anilines is 2. The van der Waals surface area contributed by atoms with Crippen LogP contribution in [0.4, 0.5) is 21.5 Å². The number of benzene rings is 2. The third kappa shape index (κ3) is 2.68. The highest BCUT2D eigenvalue weighted by atomic mass is 35.5. The van der Waals surface area contributed by atoms with Gasteiger partial charge in [-0.15, -0.1) is 0 Å². The number of nitro groups is 1. The number of nitrogens with zero attached hydrogens (tertiary/aromatic N) is 2. The first-order valence-corrected chi connectivity index (χ1v) is 5.80. The van der Waals surface area contributed by atoms with Crippen molar-refractivity contribution in [3.63, 3.8) is 0 Å². The van der Waals surface area contributed by atoms with Gasteiger partial charge in [0.05, 0.1) is 16.2 Å². The second kappa shape index (κ2) is 5.55. The van der Waals surface area contributed by atoms with Crippen molar-refractivity contribution in [2.45, 2.75) is 0 Å². The molecule has 7 heteroatoms. The normalized spacial score (nSPS) is 9.85. The first kappa shape index (κ1) is 13.8. The highest BCUT2D eigenvalue weighted by molar-refractivity contribution is 6.33. The smallest absolute Gasteiger partial charge is 0.311 e. The summed E-state index contributed by atoms with van der Waals surface area (Å²) in [6.45, 7) is 0. The molecule has 20 heavy (non-hydrogen) atoms. The maximum atomic E-state index is 13.0. The summed E-state index contributed by atoms with van der Waals surface area (Å²) in [5.41, 5.74) is 0.131. The zero-order chi connectivity index (χ0) is 14.7. The molecule has 1 N–H and O–H groups in total. The van der Waals surface area contributed by atoms with Crippen LogP contribution in [-0.2, 0) is 0 Å². The van der Waals surface area contributed by atoms with Gasteiger partial charge >= 0.3 is 5.69 Å². The number of hydrogen-bond donors (Lipinski definition) is 1. The zero-order valence-electron chi connectivity index (χ0n) is 9.93. The van der Waals surface area contributed by atoms with Crippen molar-refractivity contribution in [1.29, 1.82) is 5.26 Å². The molecule has 0 unspecified atom stereocenters. The number of rotatable bonds is 3. The molecule has 0 heterocycles. The topological polar surface area (TPSA) is 79.0 Å². The van der Waals surface area contributed by atoms with Crippen LogP contribution >= 0.6 is 11.6 Å². The summed E-state index contributed by atoms with van der Waals surface area (Å²) < 4.78 is 13.0. The summed E-state index contributed by atoms with van der Waals surface area (Å²) in [4.78, 5) is 10.4. The van der Waals surface area contributed by atoms with E-state index in [1.807, 2.05) is 6.07 Å². The Hall–Kier alpha value is -2.65. The Bertz CT molecular complexity index is 728. The molecular weight excluding hydrogens is 285 g/mol. The third-order valence-electron chi connectivity index (χ3n) is 2.54. The lowest BCUT2D eigenvalue weighted by Gasteiger charge is -2.09. The Labute approximate surface area is 118 Å². The summed E-state index contributed by atoms with van der Waals surface area (Å²) in [6, 6.07) is 9.72. The highest BCUT2D eigenvalue weighted by Crippen LogP contribution is 2.34. The molecular formula is C13H7ClFN3O2. The summed E-state index contributed by atoms with van der Waals surface area (Å²) in [5, 5.41) is 22.6. The lowest BCUT2D eigenvalue weighted by molar-refractivity contribution is -0.383. The average Bonchev–Trinajstić information content (AvgIpc) is 2.40. The van der Waals surface area contributed by atoms with Crippen molar-refractivity contribution in [3.05, 3.63) is 62.9 Å². The fourth-order valence-electron chi connectivity index (χ4n) is 1.66. The van der Waals surface area contributed by atoms with Gasteiger partial charge in [0.2, 0.25) is 0 Å². The molecule has 2 aromatic rings. The van der Waals surface area contributed by atoms with Crippen LogP contribution in [-0.4, -0.2) is 4.92 Å². The number of nitriles is 1. The molecule has 0 saturated carbocycles. The molecule has 0 aliphatic heterocycles. The van der Waals surface area contributed by atoms with E-state index in [2.05, 4.69) is 5.32 Å². The van der Waals surface area contributed by atoms with E-state index in [-0.39, 0.29) is 27.6 Å². The van der Waals surface area contributed by atoms with Crippen LogP contribution in [0.1, 0.15) is 5.56 Å². The Morgan fingerprint density at radius 1 is 1.30 bits per heavy atom. The summed E-state index contributed by atoms with van der Waals surface area (Å²) in [6.07, 6.45) is 0. The van der Waals surface area contributed by atoms with Gasteiger partial charge in [0.25, 0.3) is 0 Å². The molecule has 0 aliphatic carbocycles. The molecule has 0 fully saturated rings. The van der Waals surface area contributed by atoms with Crippen molar-refractivity contribution < 1.29 is 9.31 Å². The van der Waals surface area contributed by atoms with E-state index in [0.29, 0.717) is 0 Å². The van der Waals surface area contributed by atoms with E-state index in [9.17, 15) is 14.5 Å². The summed E-state index contributed by atoms with van der Waals surface area (Å²) in [5.74, 6) is -0.562. The largest absolute Gasteiger partial charge is 0.349 e. The van der Waals surface area contributed by atoms with Gasteiger partial charge in [-0.05, 0) is 30.3 Å². The minimum absolute atomic E-state index is 0.0272. The highest BCUT2D eigenvalue weighted by Gasteiger charge is 2.19. The predicted molar refractivity (Wildman–Crippen MR) is 72.5 cm³/mol. The molecule has 0 atom stereocenters. The minimum atomic E-state index is -0.625. The van der Waals surface area contributed by atoms with E-state index in [1.54, 1.807) is 0 Å². The number of hydrogen-bond acceptors (Lipinski definition) is 4. The molecule has 0 saturated heterocycles. The second-order valence-corrected chi connectivity index (χ2v) is 4.23. The molecule has 0 bridgehead atoms. The van der Waals surface area contributed by atoms with Crippen LogP contribution in [0.25, 0.3) is 0 Å². The van der Waals surface area contributed by atoms with Gasteiger partial charge in [-0.1, -0.05) is 17.7 Å². The minimum Gasteiger partial charge on any atom is -0.349 e. The van der Waals surface area contributed by atoms with Gasteiger partial charge in [0.15, 0.2) is 0 Å². The van der Waals surface area contributed by atoms with Gasteiger partial charge in [0, 0.05) is 0 Å². The number of para-hydroxylation sites is 1. The van der Waals surface area contributed by atoms with Gasteiger partial charge in [-0.25, -0.2) is 4.39 Å². The molecule has 0 amide bonds. The van der Waals surface area contributed by atoms with Crippen LogP contribution in [0.15, 0.2) is 36.4 Å². The molecule has 0 spiro atoms. The third-order valence-corrected chi connectivity index (χ3v) is 2.85. The first-order valence-electron chi connectivity index (χ1n) is 5.42. The van der Waals surface area contributed by atoms with Gasteiger partial charge < -0.3 is 5.32 Å². The number of nitro benzene ring substituents is 1. The van der Waals surface area contributed by atoms with Crippen LogP contribution in [0.5, 0.6) is 0 Å². The number of nitrogens with one attached hydrogen (secondary N) is 1. The van der Waals surface area contributed by atoms with Gasteiger partial charge in [0.1, 0.15) is 22.6 Å². The average molecular weight is 292 g/mol. The summed E-state index contributed by atoms with van der Waals surface area (Å²) >= 11 is 5.78. The van der Waals surface area contributed by atoms with Crippen molar-refractivity contribution in [3.8, 4) is 6.07 Å². The predicted octanol–water partition coefficient (Wildman–Crippen LogP) is 4.00. The van der Waals surface area contributed by atoms with Gasteiger partial charge in [-0.3, -0.25) is 10.1 Å². The lowest BCUT2D eigenvalue weighted by Crippen LogP contribution is -1.99. The fourth-order valence-corrected chi connectivity index (χ4v) is 1.91. The van der Waals surface area contributed by atoms with Crippen molar-refractivity contribution >= 4 is 28.7 Å². The van der Waals surface area contributed by atoms with E-state index >= 15 is 0 Å². The maximum Gasteiger partial charge on any atom is 0.311 e. The SMILES string of the molecule is N#Cc1cc(F)ccc1Nc1cccc(Cl)c1[N+](=O)[O-]. The van der Waals surface area contributed by atoms with Crippen LogP contribution < -0.4 is 5.32 Å². The maximum absolute atomic E-state index is 13.0. The molecule has 5 nitrogen and oxygen atoms in total. The van der Waals surface area contributed by atoms with E-state index < -0.39 is 10.7 Å². The number of halogens is 2. The molecule has 2 aromatic carbocycles. The van der Waals surface area contributed by atoms with Crippen molar-refractivity contribution in [2.75, 3.05) is 5.32 Å². The quantitative estimate of drug-likeness (QED) is 0.684. The molecule has 0 aliphatic rings. The Balaban J connectivity index is 2.49. The molecule has 0 radical (unpaired) electrons. The monoisotopic (exact) mass is 291 g/mol. The second-order valence-electron chi connectivity index (χ2n) is 3.82. The summed E-state index contributed by atoms with van der Waals surface area (Å²) in [7, 11) is 0. The van der Waals surface area contributed by atoms with Gasteiger partial charge in [-0.2, -0.15) is 5.26 Å². The molecule has 100 valence electrons. The zero-order valence-corrected chi connectivity index (χ0v) is 10.7. The van der Waals surface area contributed by atoms with Crippen LogP contribution in [0.2, 0.25) is 5.02 Å². The first-order chi connectivity index (χ1) is 9.52. The molecule has 0 aromatic heterocycles. The Kier molecular flexibility index (Phi) is 3.82. The van der Waals surface area contributed by atoms with E-state index in [1.165, 1.54) is 24.3 Å². The Morgan fingerprint density at radius 3 is 2.70 bits per heavy atom. The van der Waals surface area contributed by atoms with Crippen LogP contribution in [0.3, 0.4) is 0 Å². The van der Waals surface area contributed by atoms with E-state index in [4.69, 9.17) is 16.9 Å². The van der Waals surface area contributed by atoms with Crippen molar-refractivity contribution in [2.24, 2.45) is 0 Å². The Morgan fingerprint density at radius 2 is 2.05 bits per heavy atom. The van der Waals surface area contributed by atoms with Crippen LogP contribution in [0, 0.1) is 27.3 Å². The lowest BCUT2D eigenvalue weighted by atomic mass is 10.1. The molecule has 2 rings (SSSR count). The fraction of sp³-hybridized carbons (Fsp3) is 0.